The molecule has 0 saturated heterocycles. The number of aryl methyl sites for hydroxylation is 2. The summed E-state index contributed by atoms with van der Waals surface area (Å²) in [6.07, 6.45) is 10.5. The molecule has 1 atom stereocenters. The minimum absolute atomic E-state index is 0.271. The van der Waals surface area contributed by atoms with Gasteiger partial charge < -0.3 is 9.47 Å². The molecule has 0 N–H and O–H groups in total. The number of aromatic nitrogens is 3. The largest absolute Gasteiger partial charge is 0.342 e. The third-order valence-electron chi connectivity index (χ3n) is 5.10. The average Bonchev–Trinajstić information content (AvgIpc) is 2.76. The second kappa shape index (κ2) is 6.63. The van der Waals surface area contributed by atoms with Crippen molar-refractivity contribution in [3.05, 3.63) is 23.3 Å². The van der Waals surface area contributed by atoms with Crippen LogP contribution in [0.5, 0.6) is 0 Å². The third kappa shape index (κ3) is 3.23. The van der Waals surface area contributed by atoms with E-state index in [9.17, 15) is 4.79 Å². The minimum atomic E-state index is 0.271. The number of rotatable bonds is 3. The number of allylic oxidation sites excluding steroid dienone is 1. The van der Waals surface area contributed by atoms with Crippen LogP contribution in [0.1, 0.15) is 56.6 Å². The molecule has 5 nitrogen and oxygen atoms in total. The summed E-state index contributed by atoms with van der Waals surface area (Å²) in [6, 6.07) is 0.317. The van der Waals surface area contributed by atoms with E-state index in [1.807, 2.05) is 18.9 Å². The highest BCUT2D eigenvalue weighted by Gasteiger charge is 2.25. The molecule has 1 amide bonds. The maximum atomic E-state index is 12.6. The summed E-state index contributed by atoms with van der Waals surface area (Å²) in [7, 11) is 1.97. The van der Waals surface area contributed by atoms with Gasteiger partial charge in [-0.25, -0.2) is 0 Å². The van der Waals surface area contributed by atoms with Crippen LogP contribution >= 0.6 is 0 Å². The lowest BCUT2D eigenvalue weighted by Gasteiger charge is -2.28. The second-order valence-electron chi connectivity index (χ2n) is 6.59. The molecule has 1 unspecified atom stereocenters. The Morgan fingerprint density at radius 1 is 1.32 bits per heavy atom. The lowest BCUT2D eigenvalue weighted by molar-refractivity contribution is -0.131. The molecule has 0 aromatic carbocycles. The van der Waals surface area contributed by atoms with Crippen molar-refractivity contribution in [3.63, 3.8) is 0 Å². The molecule has 0 fully saturated rings. The van der Waals surface area contributed by atoms with Crippen LogP contribution in [0.25, 0.3) is 0 Å². The van der Waals surface area contributed by atoms with E-state index in [0.29, 0.717) is 12.5 Å². The number of carbonyl (C=O) groups excluding carboxylic acids is 1. The van der Waals surface area contributed by atoms with Crippen molar-refractivity contribution in [3.8, 4) is 0 Å². The zero-order valence-electron chi connectivity index (χ0n) is 13.7. The van der Waals surface area contributed by atoms with Crippen molar-refractivity contribution in [2.75, 3.05) is 7.05 Å². The summed E-state index contributed by atoms with van der Waals surface area (Å²) >= 11 is 0. The summed E-state index contributed by atoms with van der Waals surface area (Å²) in [4.78, 5) is 14.5. The van der Waals surface area contributed by atoms with Crippen LogP contribution in [0.15, 0.2) is 11.6 Å². The Balaban J connectivity index is 1.59. The Labute approximate surface area is 132 Å². The average molecular weight is 302 g/mol. The zero-order valence-corrected chi connectivity index (χ0v) is 13.7. The summed E-state index contributed by atoms with van der Waals surface area (Å²) in [5, 5.41) is 8.40. The second-order valence-corrected chi connectivity index (χ2v) is 6.59. The predicted molar refractivity (Wildman–Crippen MR) is 85.4 cm³/mol. The van der Waals surface area contributed by atoms with Crippen LogP contribution in [0.4, 0.5) is 0 Å². The molecule has 0 saturated carbocycles. The zero-order chi connectivity index (χ0) is 15.5. The molecule has 0 radical (unpaired) electrons. The first-order valence-electron chi connectivity index (χ1n) is 8.47. The fourth-order valence-electron chi connectivity index (χ4n) is 3.59. The molecular weight excluding hydrogens is 276 g/mol. The maximum absolute atomic E-state index is 12.6. The highest BCUT2D eigenvalue weighted by atomic mass is 16.2. The Hall–Kier alpha value is -1.65. The lowest BCUT2D eigenvalue weighted by Crippen LogP contribution is -2.37. The van der Waals surface area contributed by atoms with Gasteiger partial charge in [-0.05, 0) is 45.4 Å². The van der Waals surface area contributed by atoms with Crippen molar-refractivity contribution < 1.29 is 4.79 Å². The molecule has 2 aliphatic rings. The molecule has 1 aliphatic carbocycles. The first kappa shape index (κ1) is 15.3. The molecule has 2 heterocycles. The summed E-state index contributed by atoms with van der Waals surface area (Å²) in [6.45, 7) is 2.92. The number of hydrogen-bond acceptors (Lipinski definition) is 3. The van der Waals surface area contributed by atoms with Crippen LogP contribution < -0.4 is 0 Å². The van der Waals surface area contributed by atoms with Crippen molar-refractivity contribution in [1.82, 2.24) is 19.7 Å². The number of amides is 1. The molecule has 5 heteroatoms. The first-order chi connectivity index (χ1) is 10.6. The van der Waals surface area contributed by atoms with E-state index in [4.69, 9.17) is 0 Å². The molecule has 120 valence electrons. The molecular formula is C17H26N4O. The molecule has 3 rings (SSSR count). The van der Waals surface area contributed by atoms with Gasteiger partial charge in [-0.15, -0.1) is 10.2 Å². The quantitative estimate of drug-likeness (QED) is 0.807. The van der Waals surface area contributed by atoms with E-state index >= 15 is 0 Å². The molecule has 0 spiro atoms. The van der Waals surface area contributed by atoms with E-state index in [0.717, 1.165) is 50.3 Å². The van der Waals surface area contributed by atoms with Crippen LogP contribution in [-0.2, 0) is 17.8 Å². The smallest absolute Gasteiger partial charge is 0.226 e. The highest BCUT2D eigenvalue weighted by Crippen LogP contribution is 2.23. The third-order valence-corrected chi connectivity index (χ3v) is 5.10. The van der Waals surface area contributed by atoms with Crippen molar-refractivity contribution in [1.29, 1.82) is 0 Å². The Kier molecular flexibility index (Phi) is 4.60. The summed E-state index contributed by atoms with van der Waals surface area (Å²) in [5.74, 6) is 2.32. The van der Waals surface area contributed by atoms with E-state index in [1.54, 1.807) is 0 Å². The van der Waals surface area contributed by atoms with Gasteiger partial charge in [0.05, 0.1) is 0 Å². The van der Waals surface area contributed by atoms with Crippen molar-refractivity contribution >= 4 is 5.91 Å². The molecule has 22 heavy (non-hydrogen) atoms. The van der Waals surface area contributed by atoms with Gasteiger partial charge in [-0.2, -0.15) is 0 Å². The van der Waals surface area contributed by atoms with Crippen LogP contribution in [0, 0.1) is 6.92 Å². The number of fused-ring (bicyclic) bond motifs is 1. The summed E-state index contributed by atoms with van der Waals surface area (Å²) in [5.41, 5.74) is 1.34. The van der Waals surface area contributed by atoms with Gasteiger partial charge in [-0.1, -0.05) is 11.6 Å². The van der Waals surface area contributed by atoms with E-state index in [2.05, 4.69) is 20.8 Å². The number of carbonyl (C=O) groups is 1. The van der Waals surface area contributed by atoms with E-state index in [-0.39, 0.29) is 5.91 Å². The normalized spacial score (nSPS) is 21.7. The first-order valence-corrected chi connectivity index (χ1v) is 8.47. The van der Waals surface area contributed by atoms with Crippen LogP contribution in [0.2, 0.25) is 0 Å². The molecule has 0 bridgehead atoms. The molecule has 1 aromatic heterocycles. The van der Waals surface area contributed by atoms with Crippen molar-refractivity contribution in [2.45, 2.75) is 70.9 Å². The van der Waals surface area contributed by atoms with Crippen molar-refractivity contribution in [2.24, 2.45) is 0 Å². The van der Waals surface area contributed by atoms with Crippen LogP contribution in [-0.4, -0.2) is 38.7 Å². The maximum Gasteiger partial charge on any atom is 0.226 e. The van der Waals surface area contributed by atoms with Gasteiger partial charge in [0.25, 0.3) is 0 Å². The SMILES string of the molecule is Cc1nnc2n1CCC(N(C)C(=O)CC1=CCCCC1)CC2. The van der Waals surface area contributed by atoms with Gasteiger partial charge in [0.2, 0.25) is 5.91 Å². The standard InChI is InChI=1S/C17H26N4O/c1-13-18-19-16-9-8-15(10-11-21(13)16)20(2)17(22)12-14-6-4-3-5-7-14/h6,15H,3-5,7-12H2,1-2H3. The highest BCUT2D eigenvalue weighted by molar-refractivity contribution is 5.78. The fourth-order valence-corrected chi connectivity index (χ4v) is 3.59. The van der Waals surface area contributed by atoms with E-state index in [1.165, 1.54) is 18.4 Å². The fraction of sp³-hybridized carbons (Fsp3) is 0.706. The van der Waals surface area contributed by atoms with E-state index < -0.39 is 0 Å². The predicted octanol–water partition coefficient (Wildman–Crippen LogP) is 2.64. The number of hydrogen-bond donors (Lipinski definition) is 0. The Bertz CT molecular complexity index is 575. The Morgan fingerprint density at radius 3 is 2.95 bits per heavy atom. The summed E-state index contributed by atoms with van der Waals surface area (Å²) < 4.78 is 2.20. The van der Waals surface area contributed by atoms with Crippen LogP contribution in [0.3, 0.4) is 0 Å². The van der Waals surface area contributed by atoms with Gasteiger partial charge in [0, 0.05) is 32.5 Å². The minimum Gasteiger partial charge on any atom is -0.342 e. The monoisotopic (exact) mass is 302 g/mol. The Morgan fingerprint density at radius 2 is 2.18 bits per heavy atom. The number of nitrogens with zero attached hydrogens (tertiary/aromatic N) is 4. The molecule has 1 aromatic rings. The molecule has 1 aliphatic heterocycles. The van der Waals surface area contributed by atoms with Gasteiger partial charge in [0.15, 0.2) is 0 Å². The van der Waals surface area contributed by atoms with Gasteiger partial charge in [-0.3, -0.25) is 4.79 Å². The van der Waals surface area contributed by atoms with Gasteiger partial charge >= 0.3 is 0 Å². The topological polar surface area (TPSA) is 51.0 Å². The lowest BCUT2D eigenvalue weighted by atomic mass is 9.96. The van der Waals surface area contributed by atoms with Gasteiger partial charge in [0.1, 0.15) is 11.6 Å².